The van der Waals surface area contributed by atoms with Crippen molar-refractivity contribution in [1.82, 2.24) is 0 Å². The van der Waals surface area contributed by atoms with Gasteiger partial charge in [-0.1, -0.05) is 30.3 Å². The molecule has 0 heterocycles. The maximum atomic E-state index is 12.4. The third kappa shape index (κ3) is 3.07. The van der Waals surface area contributed by atoms with E-state index in [1.165, 1.54) is 19.1 Å². The Morgan fingerprint density at radius 3 is 2.33 bits per heavy atom. The second-order valence-corrected chi connectivity index (χ2v) is 6.80. The lowest BCUT2D eigenvalue weighted by Gasteiger charge is -2.08. The second kappa shape index (κ2) is 5.93. The number of nitro benzene ring substituents is 1. The predicted octanol–water partition coefficient (Wildman–Crippen LogP) is 3.82. The summed E-state index contributed by atoms with van der Waals surface area (Å²) in [6, 6.07) is 16.0. The van der Waals surface area contributed by atoms with E-state index in [-0.39, 0.29) is 21.9 Å². The fourth-order valence-electron chi connectivity index (χ4n) is 2.38. The minimum Gasteiger partial charge on any atom is -0.379 e. The Labute approximate surface area is 138 Å². The van der Waals surface area contributed by atoms with Crippen LogP contribution in [0.1, 0.15) is 5.56 Å². The van der Waals surface area contributed by atoms with E-state index in [0.717, 1.165) is 16.8 Å². The minimum atomic E-state index is -4.07. The van der Waals surface area contributed by atoms with E-state index >= 15 is 0 Å². The molecule has 0 amide bonds. The fraction of sp³-hybridized carbons (Fsp3) is 0.0588. The molecule has 24 heavy (non-hydrogen) atoms. The van der Waals surface area contributed by atoms with Crippen LogP contribution in [0.15, 0.2) is 65.6 Å². The van der Waals surface area contributed by atoms with Crippen LogP contribution in [0.2, 0.25) is 0 Å². The first kappa shape index (κ1) is 15.9. The zero-order valence-electron chi connectivity index (χ0n) is 12.7. The summed E-state index contributed by atoms with van der Waals surface area (Å²) >= 11 is 0. The Kier molecular flexibility index (Phi) is 3.94. The number of hydrogen-bond donors (Lipinski definition) is 0. The molecule has 0 saturated heterocycles. The standard InChI is InChI=1S/C17H13NO5S/c1-12-10-16(8-9-17(12)18(19)20)24(21,22)23-15-7-6-13-4-2-3-5-14(13)11-15/h2-11H,1H3. The van der Waals surface area contributed by atoms with Crippen molar-refractivity contribution in [3.63, 3.8) is 0 Å². The molecule has 3 aromatic rings. The molecule has 0 fully saturated rings. The highest BCUT2D eigenvalue weighted by molar-refractivity contribution is 7.87. The van der Waals surface area contributed by atoms with Gasteiger partial charge in [-0.25, -0.2) is 0 Å². The number of fused-ring (bicyclic) bond motifs is 1. The molecule has 3 rings (SSSR count). The van der Waals surface area contributed by atoms with E-state index in [9.17, 15) is 18.5 Å². The summed E-state index contributed by atoms with van der Waals surface area (Å²) in [5, 5.41) is 12.6. The molecule has 0 unspecified atom stereocenters. The molecule has 0 spiro atoms. The van der Waals surface area contributed by atoms with Crippen molar-refractivity contribution in [1.29, 1.82) is 0 Å². The van der Waals surface area contributed by atoms with E-state index in [4.69, 9.17) is 4.18 Å². The van der Waals surface area contributed by atoms with Crippen molar-refractivity contribution < 1.29 is 17.5 Å². The van der Waals surface area contributed by atoms with Gasteiger partial charge in [0.25, 0.3) is 5.69 Å². The lowest BCUT2D eigenvalue weighted by atomic mass is 10.1. The van der Waals surface area contributed by atoms with Gasteiger partial charge in [0.15, 0.2) is 0 Å². The van der Waals surface area contributed by atoms with Crippen molar-refractivity contribution in [2.75, 3.05) is 0 Å². The lowest BCUT2D eigenvalue weighted by molar-refractivity contribution is -0.385. The van der Waals surface area contributed by atoms with Crippen LogP contribution in [0.5, 0.6) is 5.75 Å². The average molecular weight is 343 g/mol. The van der Waals surface area contributed by atoms with E-state index < -0.39 is 15.0 Å². The quantitative estimate of drug-likeness (QED) is 0.408. The minimum absolute atomic E-state index is 0.126. The Morgan fingerprint density at radius 2 is 1.67 bits per heavy atom. The highest BCUT2D eigenvalue weighted by atomic mass is 32.2. The van der Waals surface area contributed by atoms with Gasteiger partial charge >= 0.3 is 10.1 Å². The van der Waals surface area contributed by atoms with Crippen LogP contribution >= 0.6 is 0 Å². The first-order valence-corrected chi connectivity index (χ1v) is 8.46. The largest absolute Gasteiger partial charge is 0.379 e. The van der Waals surface area contributed by atoms with Gasteiger partial charge in [0.2, 0.25) is 0 Å². The number of hydrogen-bond acceptors (Lipinski definition) is 5. The van der Waals surface area contributed by atoms with Gasteiger partial charge in [0, 0.05) is 11.6 Å². The number of rotatable bonds is 4. The summed E-state index contributed by atoms with van der Waals surface area (Å²) in [5.41, 5.74) is 0.114. The van der Waals surface area contributed by atoms with E-state index in [1.54, 1.807) is 18.2 Å². The van der Waals surface area contributed by atoms with E-state index in [0.29, 0.717) is 0 Å². The molecule has 0 aliphatic heterocycles. The maximum absolute atomic E-state index is 12.4. The average Bonchev–Trinajstić information content (AvgIpc) is 2.54. The molecule has 0 radical (unpaired) electrons. The number of aryl methyl sites for hydroxylation is 1. The summed E-state index contributed by atoms with van der Waals surface area (Å²) in [6.07, 6.45) is 0. The van der Waals surface area contributed by atoms with E-state index in [2.05, 4.69) is 0 Å². The number of nitro groups is 1. The molecule has 7 heteroatoms. The van der Waals surface area contributed by atoms with Crippen molar-refractivity contribution in [3.8, 4) is 5.75 Å². The molecule has 0 bridgehead atoms. The highest BCUT2D eigenvalue weighted by Crippen LogP contribution is 2.26. The summed E-state index contributed by atoms with van der Waals surface area (Å²) in [4.78, 5) is 10.1. The fourth-order valence-corrected chi connectivity index (χ4v) is 3.39. The van der Waals surface area contributed by atoms with Crippen molar-refractivity contribution in [3.05, 3.63) is 76.3 Å². The molecule has 0 aliphatic carbocycles. The number of benzene rings is 3. The first-order chi connectivity index (χ1) is 11.4. The van der Waals surface area contributed by atoms with E-state index in [1.807, 2.05) is 24.3 Å². The molecule has 0 aliphatic rings. The summed E-state index contributed by atoms with van der Waals surface area (Å²) in [6.45, 7) is 1.48. The smallest absolute Gasteiger partial charge is 0.339 e. The molecule has 6 nitrogen and oxygen atoms in total. The van der Waals surface area contributed by atoms with Crippen molar-refractivity contribution in [2.24, 2.45) is 0 Å². The first-order valence-electron chi connectivity index (χ1n) is 7.05. The topological polar surface area (TPSA) is 86.5 Å². The SMILES string of the molecule is Cc1cc(S(=O)(=O)Oc2ccc3ccccc3c2)ccc1[N+](=O)[O-]. The second-order valence-electron chi connectivity index (χ2n) is 5.25. The number of nitrogens with zero attached hydrogens (tertiary/aromatic N) is 1. The summed E-state index contributed by atoms with van der Waals surface area (Å²) < 4.78 is 29.9. The Balaban J connectivity index is 1.95. The van der Waals surface area contributed by atoms with Gasteiger partial charge in [-0.2, -0.15) is 8.42 Å². The lowest BCUT2D eigenvalue weighted by Crippen LogP contribution is -2.10. The molecule has 0 aromatic heterocycles. The van der Waals surface area contributed by atoms with Gasteiger partial charge in [-0.3, -0.25) is 10.1 Å². The zero-order valence-corrected chi connectivity index (χ0v) is 13.5. The normalized spacial score (nSPS) is 11.4. The molecule has 3 aromatic carbocycles. The predicted molar refractivity (Wildman–Crippen MR) is 89.6 cm³/mol. The van der Waals surface area contributed by atoms with Crippen LogP contribution in [0.3, 0.4) is 0 Å². The monoisotopic (exact) mass is 343 g/mol. The van der Waals surface area contributed by atoms with Gasteiger partial charge in [-0.05, 0) is 42.0 Å². The Morgan fingerprint density at radius 1 is 0.958 bits per heavy atom. The van der Waals surface area contributed by atoms with Crippen LogP contribution in [0, 0.1) is 17.0 Å². The van der Waals surface area contributed by atoms with Gasteiger partial charge < -0.3 is 4.18 Å². The molecule has 122 valence electrons. The zero-order chi connectivity index (χ0) is 17.3. The van der Waals surface area contributed by atoms with Crippen LogP contribution in [0.25, 0.3) is 10.8 Å². The third-order valence-corrected chi connectivity index (χ3v) is 4.82. The molecular weight excluding hydrogens is 330 g/mol. The molecule has 0 saturated carbocycles. The molecule has 0 atom stereocenters. The van der Waals surface area contributed by atoms with Crippen LogP contribution in [-0.4, -0.2) is 13.3 Å². The van der Waals surface area contributed by atoms with Gasteiger partial charge in [0.1, 0.15) is 10.6 Å². The van der Waals surface area contributed by atoms with Gasteiger partial charge in [0.05, 0.1) is 4.92 Å². The molecular formula is C17H13NO5S. The summed E-state index contributed by atoms with van der Waals surface area (Å²) in [5.74, 6) is 0.185. The molecule has 0 N–H and O–H groups in total. The van der Waals surface area contributed by atoms with Crippen molar-refractivity contribution >= 4 is 26.6 Å². The van der Waals surface area contributed by atoms with Crippen LogP contribution in [-0.2, 0) is 10.1 Å². The third-order valence-electron chi connectivity index (χ3n) is 3.58. The van der Waals surface area contributed by atoms with Crippen LogP contribution < -0.4 is 4.18 Å². The maximum Gasteiger partial charge on any atom is 0.339 e. The Bertz CT molecular complexity index is 1040. The Hall–Kier alpha value is -2.93. The van der Waals surface area contributed by atoms with Crippen LogP contribution in [0.4, 0.5) is 5.69 Å². The van der Waals surface area contributed by atoms with Gasteiger partial charge in [-0.15, -0.1) is 0 Å². The highest BCUT2D eigenvalue weighted by Gasteiger charge is 2.20. The summed E-state index contributed by atoms with van der Waals surface area (Å²) in [7, 11) is -4.07. The van der Waals surface area contributed by atoms with Crippen molar-refractivity contribution in [2.45, 2.75) is 11.8 Å².